The molecule has 1 aromatic rings. The molecule has 0 saturated carbocycles. The lowest BCUT2D eigenvalue weighted by atomic mass is 9.95. The highest BCUT2D eigenvalue weighted by Gasteiger charge is 2.23. The lowest BCUT2D eigenvalue weighted by Crippen LogP contribution is -2.41. The van der Waals surface area contributed by atoms with Crippen LogP contribution in [-0.4, -0.2) is 34.3 Å². The standard InChI is InChI=1S/C24H36N2O3S/c1-8-9-12-17(15-21(28)26-24(5,6)7)19(27)16-30-20-14-11-10-13-18(20)25-22(29)23(2,3)4/h8-14,19,27H,15-16H2,1-7H3,(H,25,29)(H,26,28)/b9-8-,17-12+. The fourth-order valence-electron chi connectivity index (χ4n) is 2.44. The molecule has 1 unspecified atom stereocenters. The van der Waals surface area contributed by atoms with Crippen molar-refractivity contribution in [3.8, 4) is 0 Å². The molecule has 0 fully saturated rings. The lowest BCUT2D eigenvalue weighted by Gasteiger charge is -2.22. The van der Waals surface area contributed by atoms with Gasteiger partial charge < -0.3 is 15.7 Å². The third-order valence-electron chi connectivity index (χ3n) is 4.02. The Morgan fingerprint density at radius 1 is 1.13 bits per heavy atom. The van der Waals surface area contributed by atoms with E-state index >= 15 is 0 Å². The van der Waals surface area contributed by atoms with Gasteiger partial charge in [-0.15, -0.1) is 11.8 Å². The summed E-state index contributed by atoms with van der Waals surface area (Å²) in [5, 5.41) is 16.7. The van der Waals surface area contributed by atoms with E-state index in [0.29, 0.717) is 11.3 Å². The molecule has 5 nitrogen and oxygen atoms in total. The molecule has 0 bridgehead atoms. The molecule has 1 aromatic carbocycles. The monoisotopic (exact) mass is 432 g/mol. The zero-order chi connectivity index (χ0) is 22.9. The van der Waals surface area contributed by atoms with Crippen LogP contribution in [0, 0.1) is 5.41 Å². The summed E-state index contributed by atoms with van der Waals surface area (Å²) in [7, 11) is 0. The van der Waals surface area contributed by atoms with Crippen LogP contribution in [0.1, 0.15) is 54.9 Å². The molecule has 0 aliphatic heterocycles. The summed E-state index contributed by atoms with van der Waals surface area (Å²) < 4.78 is 0. The number of allylic oxidation sites excluding steroid dienone is 3. The Morgan fingerprint density at radius 3 is 2.33 bits per heavy atom. The van der Waals surface area contributed by atoms with Crippen molar-refractivity contribution in [2.45, 2.75) is 71.4 Å². The molecular formula is C24H36N2O3S. The molecule has 0 aliphatic rings. The first kappa shape index (κ1) is 26.0. The van der Waals surface area contributed by atoms with Gasteiger partial charge in [0.25, 0.3) is 0 Å². The van der Waals surface area contributed by atoms with Gasteiger partial charge in [0.2, 0.25) is 11.8 Å². The number of thioether (sulfide) groups is 1. The van der Waals surface area contributed by atoms with Crippen molar-refractivity contribution in [1.29, 1.82) is 0 Å². The van der Waals surface area contributed by atoms with E-state index in [0.717, 1.165) is 10.6 Å². The number of hydrogen-bond acceptors (Lipinski definition) is 4. The van der Waals surface area contributed by atoms with E-state index in [4.69, 9.17) is 0 Å². The molecule has 30 heavy (non-hydrogen) atoms. The Morgan fingerprint density at radius 2 is 1.77 bits per heavy atom. The van der Waals surface area contributed by atoms with Crippen LogP contribution < -0.4 is 10.6 Å². The summed E-state index contributed by atoms with van der Waals surface area (Å²) >= 11 is 1.45. The smallest absolute Gasteiger partial charge is 0.229 e. The minimum absolute atomic E-state index is 0.0661. The normalized spacial score (nSPS) is 13.9. The largest absolute Gasteiger partial charge is 0.388 e. The molecule has 6 heteroatoms. The maximum Gasteiger partial charge on any atom is 0.229 e. The maximum absolute atomic E-state index is 12.4. The van der Waals surface area contributed by atoms with Gasteiger partial charge in [0.15, 0.2) is 0 Å². The minimum Gasteiger partial charge on any atom is -0.388 e. The van der Waals surface area contributed by atoms with Crippen molar-refractivity contribution >= 4 is 29.3 Å². The quantitative estimate of drug-likeness (QED) is 0.402. The topological polar surface area (TPSA) is 78.4 Å². The highest BCUT2D eigenvalue weighted by Crippen LogP contribution is 2.30. The number of aliphatic hydroxyl groups is 1. The van der Waals surface area contributed by atoms with Gasteiger partial charge in [-0.3, -0.25) is 9.59 Å². The third kappa shape index (κ3) is 9.63. The van der Waals surface area contributed by atoms with E-state index in [1.807, 2.05) is 84.9 Å². The zero-order valence-electron chi connectivity index (χ0n) is 19.2. The Labute approximate surface area is 185 Å². The predicted octanol–water partition coefficient (Wildman–Crippen LogP) is 4.93. The number of amides is 2. The van der Waals surface area contributed by atoms with Crippen LogP contribution in [0.15, 0.2) is 53.0 Å². The fraction of sp³-hybridized carbons (Fsp3) is 0.500. The van der Waals surface area contributed by atoms with Crippen molar-refractivity contribution in [1.82, 2.24) is 5.32 Å². The van der Waals surface area contributed by atoms with Gasteiger partial charge in [-0.1, -0.05) is 51.1 Å². The minimum atomic E-state index is -0.789. The molecule has 0 saturated heterocycles. The Kier molecular flexibility index (Phi) is 9.85. The van der Waals surface area contributed by atoms with Gasteiger partial charge in [0.1, 0.15) is 0 Å². The van der Waals surface area contributed by atoms with E-state index in [9.17, 15) is 14.7 Å². The molecule has 3 N–H and O–H groups in total. The molecular weight excluding hydrogens is 396 g/mol. The van der Waals surface area contributed by atoms with Gasteiger partial charge in [-0.25, -0.2) is 0 Å². The summed E-state index contributed by atoms with van der Waals surface area (Å²) in [5.74, 6) is 0.179. The molecule has 0 radical (unpaired) electrons. The lowest BCUT2D eigenvalue weighted by molar-refractivity contribution is -0.123. The summed E-state index contributed by atoms with van der Waals surface area (Å²) in [5.41, 5.74) is 0.546. The maximum atomic E-state index is 12.4. The van der Waals surface area contributed by atoms with Gasteiger partial charge in [-0.2, -0.15) is 0 Å². The van der Waals surface area contributed by atoms with Crippen LogP contribution in [-0.2, 0) is 9.59 Å². The van der Waals surface area contributed by atoms with Crippen molar-refractivity contribution < 1.29 is 14.7 Å². The first-order valence-electron chi connectivity index (χ1n) is 10.2. The van der Waals surface area contributed by atoms with Crippen LogP contribution in [0.25, 0.3) is 0 Å². The molecule has 1 atom stereocenters. The summed E-state index contributed by atoms with van der Waals surface area (Å²) in [6, 6.07) is 7.53. The van der Waals surface area contributed by atoms with E-state index in [2.05, 4.69) is 10.6 Å². The predicted molar refractivity (Wildman–Crippen MR) is 127 cm³/mol. The Bertz CT molecular complexity index is 786. The number of carbonyl (C=O) groups is 2. The Balaban J connectivity index is 2.88. The number of para-hydroxylation sites is 1. The number of rotatable bonds is 8. The van der Waals surface area contributed by atoms with E-state index in [1.54, 1.807) is 6.08 Å². The number of anilines is 1. The number of aliphatic hydroxyl groups excluding tert-OH is 1. The second kappa shape index (κ2) is 11.4. The van der Waals surface area contributed by atoms with Gasteiger partial charge in [0.05, 0.1) is 18.2 Å². The van der Waals surface area contributed by atoms with Crippen LogP contribution in [0.4, 0.5) is 5.69 Å². The second-order valence-electron chi connectivity index (χ2n) is 9.27. The number of carbonyl (C=O) groups excluding carboxylic acids is 2. The van der Waals surface area contributed by atoms with Crippen molar-refractivity contribution in [2.24, 2.45) is 5.41 Å². The van der Waals surface area contributed by atoms with Crippen LogP contribution in [0.3, 0.4) is 0 Å². The number of hydrogen-bond donors (Lipinski definition) is 3. The number of benzene rings is 1. The van der Waals surface area contributed by atoms with Gasteiger partial charge in [0, 0.05) is 21.6 Å². The van der Waals surface area contributed by atoms with Crippen molar-refractivity contribution in [3.63, 3.8) is 0 Å². The van der Waals surface area contributed by atoms with Crippen molar-refractivity contribution in [3.05, 3.63) is 48.1 Å². The second-order valence-corrected chi connectivity index (χ2v) is 10.3. The summed E-state index contributed by atoms with van der Waals surface area (Å²) in [6.07, 6.45) is 4.82. The highest BCUT2D eigenvalue weighted by molar-refractivity contribution is 7.99. The summed E-state index contributed by atoms with van der Waals surface area (Å²) in [4.78, 5) is 25.6. The molecule has 0 aromatic heterocycles. The highest BCUT2D eigenvalue weighted by atomic mass is 32.2. The van der Waals surface area contributed by atoms with Crippen LogP contribution in [0.5, 0.6) is 0 Å². The van der Waals surface area contributed by atoms with Crippen LogP contribution in [0.2, 0.25) is 0 Å². The summed E-state index contributed by atoms with van der Waals surface area (Å²) in [6.45, 7) is 13.3. The third-order valence-corrected chi connectivity index (χ3v) is 5.17. The van der Waals surface area contributed by atoms with E-state index in [-0.39, 0.29) is 23.8 Å². The van der Waals surface area contributed by atoms with Gasteiger partial charge in [-0.05, 0) is 45.4 Å². The first-order chi connectivity index (χ1) is 13.8. The molecule has 166 valence electrons. The Hall–Kier alpha value is -2.05. The molecule has 0 spiro atoms. The molecule has 1 rings (SSSR count). The van der Waals surface area contributed by atoms with E-state index in [1.165, 1.54) is 11.8 Å². The van der Waals surface area contributed by atoms with E-state index < -0.39 is 11.5 Å². The van der Waals surface area contributed by atoms with Gasteiger partial charge >= 0.3 is 0 Å². The van der Waals surface area contributed by atoms with Crippen LogP contribution >= 0.6 is 11.8 Å². The molecule has 0 heterocycles. The fourth-order valence-corrected chi connectivity index (χ4v) is 3.44. The molecule has 0 aliphatic carbocycles. The average molecular weight is 433 g/mol. The van der Waals surface area contributed by atoms with Crippen molar-refractivity contribution in [2.75, 3.05) is 11.1 Å². The molecule has 2 amide bonds. The average Bonchev–Trinajstić information content (AvgIpc) is 2.61. The number of nitrogens with one attached hydrogen (secondary N) is 2. The zero-order valence-corrected chi connectivity index (χ0v) is 20.0. The first-order valence-corrected chi connectivity index (χ1v) is 11.2. The SMILES string of the molecule is C/C=C\C=C(/CC(=O)NC(C)(C)C)C(O)CSc1ccccc1NC(=O)C(C)(C)C.